The summed E-state index contributed by atoms with van der Waals surface area (Å²) in [7, 11) is 0. The van der Waals surface area contributed by atoms with Gasteiger partial charge < -0.3 is 10.5 Å². The van der Waals surface area contributed by atoms with Crippen molar-refractivity contribution < 1.29 is 4.74 Å². The largest absolute Gasteiger partial charge is 0.375 e. The van der Waals surface area contributed by atoms with Gasteiger partial charge in [0.25, 0.3) is 0 Å². The zero-order valence-corrected chi connectivity index (χ0v) is 9.86. The van der Waals surface area contributed by atoms with Crippen molar-refractivity contribution >= 4 is 0 Å². The van der Waals surface area contributed by atoms with Crippen molar-refractivity contribution in [1.29, 1.82) is 0 Å². The van der Waals surface area contributed by atoms with Crippen LogP contribution in [-0.4, -0.2) is 12.6 Å². The first-order valence-corrected chi connectivity index (χ1v) is 5.37. The van der Waals surface area contributed by atoms with Gasteiger partial charge in [-0.15, -0.1) is 0 Å². The molecule has 0 amide bonds. The van der Waals surface area contributed by atoms with E-state index in [9.17, 15) is 0 Å². The molecule has 1 rings (SSSR count). The molecule has 0 spiro atoms. The van der Waals surface area contributed by atoms with Crippen LogP contribution >= 0.6 is 0 Å². The summed E-state index contributed by atoms with van der Waals surface area (Å²) in [6.45, 7) is 7.64. The summed E-state index contributed by atoms with van der Waals surface area (Å²) in [5.74, 6) is 0. The Balaban J connectivity index is 2.28. The Bertz CT molecular complexity index is 276. The normalized spacial score (nSPS) is 13.9. The third-order valence-electron chi connectivity index (χ3n) is 2.52. The minimum atomic E-state index is 0.0845. The molecule has 0 saturated heterocycles. The third kappa shape index (κ3) is 4.45. The molecule has 0 unspecified atom stereocenters. The van der Waals surface area contributed by atoms with Crippen molar-refractivity contribution in [1.82, 2.24) is 0 Å². The first kappa shape index (κ1) is 12.2. The minimum Gasteiger partial charge on any atom is -0.375 e. The van der Waals surface area contributed by atoms with Gasteiger partial charge in [0.05, 0.1) is 13.2 Å². The number of ether oxygens (including phenoxy) is 1. The molecule has 2 nitrogen and oxygen atoms in total. The van der Waals surface area contributed by atoms with Gasteiger partial charge in [-0.25, -0.2) is 0 Å². The van der Waals surface area contributed by atoms with E-state index in [1.807, 2.05) is 18.2 Å². The molecular formula is C13H21NO. The molecule has 2 N–H and O–H groups in total. The molecule has 15 heavy (non-hydrogen) atoms. The predicted octanol–water partition coefficient (Wildman–Crippen LogP) is 2.58. The molecule has 0 fully saturated rings. The Morgan fingerprint density at radius 1 is 1.20 bits per heavy atom. The van der Waals surface area contributed by atoms with Crippen molar-refractivity contribution in [2.45, 2.75) is 33.4 Å². The van der Waals surface area contributed by atoms with Crippen molar-refractivity contribution in [2.75, 3.05) is 6.61 Å². The first-order valence-electron chi connectivity index (χ1n) is 5.37. The summed E-state index contributed by atoms with van der Waals surface area (Å²) < 4.78 is 5.58. The van der Waals surface area contributed by atoms with Crippen LogP contribution in [0, 0.1) is 5.41 Å². The van der Waals surface area contributed by atoms with Gasteiger partial charge in [0.1, 0.15) is 0 Å². The maximum absolute atomic E-state index is 5.99. The second kappa shape index (κ2) is 5.29. The van der Waals surface area contributed by atoms with Gasteiger partial charge in [-0.2, -0.15) is 0 Å². The van der Waals surface area contributed by atoms with Crippen LogP contribution in [0.5, 0.6) is 0 Å². The molecule has 1 aromatic carbocycles. The van der Waals surface area contributed by atoms with Gasteiger partial charge in [-0.05, 0) is 11.0 Å². The van der Waals surface area contributed by atoms with Crippen LogP contribution in [0.1, 0.15) is 26.3 Å². The van der Waals surface area contributed by atoms with Gasteiger partial charge in [0.2, 0.25) is 0 Å². The lowest BCUT2D eigenvalue weighted by atomic mass is 9.88. The third-order valence-corrected chi connectivity index (χ3v) is 2.52. The van der Waals surface area contributed by atoms with E-state index in [4.69, 9.17) is 10.5 Å². The highest BCUT2D eigenvalue weighted by Crippen LogP contribution is 2.17. The Morgan fingerprint density at radius 3 is 2.33 bits per heavy atom. The van der Waals surface area contributed by atoms with Gasteiger partial charge in [-0.1, -0.05) is 51.1 Å². The number of benzene rings is 1. The van der Waals surface area contributed by atoms with Gasteiger partial charge in [0, 0.05) is 6.04 Å². The second-order valence-corrected chi connectivity index (χ2v) is 4.97. The quantitative estimate of drug-likeness (QED) is 0.823. The molecule has 0 aromatic heterocycles. The molecule has 84 valence electrons. The average Bonchev–Trinajstić information content (AvgIpc) is 2.18. The molecule has 0 bridgehead atoms. The standard InChI is InChI=1S/C13H21NO/c1-13(2,3)12(14)10-15-9-11-7-5-4-6-8-11/h4-8,12H,9-10,14H2,1-3H3/t12-/m1/s1. The van der Waals surface area contributed by atoms with Crippen LogP contribution in [0.25, 0.3) is 0 Å². The van der Waals surface area contributed by atoms with Crippen LogP contribution in [0.15, 0.2) is 30.3 Å². The van der Waals surface area contributed by atoms with Crippen LogP contribution in [0.3, 0.4) is 0 Å². The van der Waals surface area contributed by atoms with Crippen LogP contribution < -0.4 is 5.73 Å². The monoisotopic (exact) mass is 207 g/mol. The lowest BCUT2D eigenvalue weighted by Gasteiger charge is -2.26. The average molecular weight is 207 g/mol. The molecule has 0 aliphatic carbocycles. The van der Waals surface area contributed by atoms with Crippen LogP contribution in [-0.2, 0) is 11.3 Å². The molecule has 0 heterocycles. The Kier molecular flexibility index (Phi) is 4.30. The fourth-order valence-corrected chi connectivity index (χ4v) is 1.13. The van der Waals surface area contributed by atoms with E-state index in [0.717, 1.165) is 0 Å². The van der Waals surface area contributed by atoms with Gasteiger partial charge >= 0.3 is 0 Å². The molecule has 1 atom stereocenters. The Labute approximate surface area is 92.4 Å². The van der Waals surface area contributed by atoms with Crippen molar-refractivity contribution in [3.63, 3.8) is 0 Å². The lowest BCUT2D eigenvalue weighted by molar-refractivity contribution is 0.0792. The fraction of sp³-hybridized carbons (Fsp3) is 0.538. The lowest BCUT2D eigenvalue weighted by Crippen LogP contribution is -2.39. The number of nitrogens with two attached hydrogens (primary N) is 1. The van der Waals surface area contributed by atoms with Crippen LogP contribution in [0.2, 0.25) is 0 Å². The Morgan fingerprint density at radius 2 is 1.80 bits per heavy atom. The number of hydrogen-bond donors (Lipinski definition) is 1. The highest BCUT2D eigenvalue weighted by atomic mass is 16.5. The predicted molar refractivity (Wildman–Crippen MR) is 63.5 cm³/mol. The first-order chi connectivity index (χ1) is 7.00. The summed E-state index contributed by atoms with van der Waals surface area (Å²) >= 11 is 0. The smallest absolute Gasteiger partial charge is 0.0717 e. The molecule has 2 heteroatoms. The maximum Gasteiger partial charge on any atom is 0.0717 e. The van der Waals surface area contributed by atoms with Crippen LogP contribution in [0.4, 0.5) is 0 Å². The van der Waals surface area contributed by atoms with Gasteiger partial charge in [0.15, 0.2) is 0 Å². The molecule has 1 aromatic rings. The van der Waals surface area contributed by atoms with E-state index < -0.39 is 0 Å². The highest BCUT2D eigenvalue weighted by Gasteiger charge is 2.20. The SMILES string of the molecule is CC(C)(C)[C@H](N)COCc1ccccc1. The van der Waals surface area contributed by atoms with Gasteiger partial charge in [-0.3, -0.25) is 0 Å². The van der Waals surface area contributed by atoms with E-state index in [1.54, 1.807) is 0 Å². The summed E-state index contributed by atoms with van der Waals surface area (Å²) in [6, 6.07) is 10.2. The molecule has 0 radical (unpaired) electrons. The zero-order chi connectivity index (χ0) is 11.3. The molecule has 0 saturated carbocycles. The van der Waals surface area contributed by atoms with E-state index in [-0.39, 0.29) is 11.5 Å². The van der Waals surface area contributed by atoms with E-state index in [2.05, 4.69) is 32.9 Å². The number of hydrogen-bond acceptors (Lipinski definition) is 2. The summed E-state index contributed by atoms with van der Waals surface area (Å²) in [4.78, 5) is 0. The van der Waals surface area contributed by atoms with E-state index >= 15 is 0 Å². The van der Waals surface area contributed by atoms with E-state index in [1.165, 1.54) is 5.56 Å². The minimum absolute atomic E-state index is 0.0845. The molecule has 0 aliphatic rings. The topological polar surface area (TPSA) is 35.2 Å². The molecular weight excluding hydrogens is 186 g/mol. The fourth-order valence-electron chi connectivity index (χ4n) is 1.13. The summed E-state index contributed by atoms with van der Waals surface area (Å²) in [5.41, 5.74) is 7.29. The highest BCUT2D eigenvalue weighted by molar-refractivity contribution is 5.13. The van der Waals surface area contributed by atoms with Crippen molar-refractivity contribution in [3.05, 3.63) is 35.9 Å². The maximum atomic E-state index is 5.99. The summed E-state index contributed by atoms with van der Waals surface area (Å²) in [6.07, 6.45) is 0. The summed E-state index contributed by atoms with van der Waals surface area (Å²) in [5, 5.41) is 0. The second-order valence-electron chi connectivity index (χ2n) is 4.97. The molecule has 0 aliphatic heterocycles. The zero-order valence-electron chi connectivity index (χ0n) is 9.86. The number of rotatable bonds is 4. The van der Waals surface area contributed by atoms with E-state index in [0.29, 0.717) is 13.2 Å². The van der Waals surface area contributed by atoms with Crippen molar-refractivity contribution in [3.8, 4) is 0 Å². The van der Waals surface area contributed by atoms with Crippen molar-refractivity contribution in [2.24, 2.45) is 11.1 Å². The Hall–Kier alpha value is -0.860.